The molecule has 1 aliphatic carbocycles. The van der Waals surface area contributed by atoms with Gasteiger partial charge >= 0.3 is 0 Å². The molecule has 1 saturated heterocycles. The van der Waals surface area contributed by atoms with E-state index < -0.39 is 10.0 Å². The van der Waals surface area contributed by atoms with Crippen molar-refractivity contribution < 1.29 is 8.42 Å². The zero-order chi connectivity index (χ0) is 13.5. The normalized spacial score (nSPS) is 27.8. The number of nitrogens with two attached hydrogens (primary N) is 1. The summed E-state index contributed by atoms with van der Waals surface area (Å²) >= 11 is 1.37. The van der Waals surface area contributed by atoms with Gasteiger partial charge in [-0.2, -0.15) is 4.31 Å². The highest BCUT2D eigenvalue weighted by Crippen LogP contribution is 2.40. The molecule has 0 aromatic carbocycles. The van der Waals surface area contributed by atoms with E-state index in [4.69, 9.17) is 5.73 Å². The molecule has 0 amide bonds. The lowest BCUT2D eigenvalue weighted by molar-refractivity contribution is 0.447. The summed E-state index contributed by atoms with van der Waals surface area (Å²) in [4.78, 5) is 1.06. The number of hydrogen-bond donors (Lipinski definition) is 1. The minimum atomic E-state index is -3.27. The molecule has 106 valence electrons. The molecule has 2 fully saturated rings. The number of hydrogen-bond acceptors (Lipinski definition) is 4. The van der Waals surface area contributed by atoms with Crippen LogP contribution < -0.4 is 5.73 Å². The molecule has 1 aromatic heterocycles. The molecule has 1 aromatic rings. The van der Waals surface area contributed by atoms with Crippen LogP contribution in [0.25, 0.3) is 0 Å². The van der Waals surface area contributed by atoms with Crippen LogP contribution in [0.1, 0.15) is 24.1 Å². The van der Waals surface area contributed by atoms with Gasteiger partial charge in [0, 0.05) is 18.0 Å². The van der Waals surface area contributed by atoms with Crippen molar-refractivity contribution in [1.29, 1.82) is 0 Å². The maximum absolute atomic E-state index is 12.6. The lowest BCUT2D eigenvalue weighted by Crippen LogP contribution is -2.29. The van der Waals surface area contributed by atoms with Crippen LogP contribution in [-0.4, -0.2) is 32.4 Å². The molecule has 2 atom stereocenters. The Morgan fingerprint density at radius 1 is 1.26 bits per heavy atom. The first-order valence-corrected chi connectivity index (χ1v) is 9.16. The molecular formula is C13H20N2O2S2. The first kappa shape index (κ1) is 13.5. The average Bonchev–Trinajstić information content (AvgIpc) is 3.03. The number of rotatable bonds is 4. The molecule has 19 heavy (non-hydrogen) atoms. The van der Waals surface area contributed by atoms with Crippen LogP contribution >= 0.6 is 11.3 Å². The molecule has 2 heterocycles. The van der Waals surface area contributed by atoms with Crippen LogP contribution in [0, 0.1) is 11.8 Å². The Hall–Kier alpha value is -0.430. The molecular weight excluding hydrogens is 280 g/mol. The summed E-state index contributed by atoms with van der Waals surface area (Å²) in [6, 6.07) is 3.63. The molecule has 0 spiro atoms. The van der Waals surface area contributed by atoms with Crippen molar-refractivity contribution >= 4 is 21.4 Å². The van der Waals surface area contributed by atoms with E-state index in [1.165, 1.54) is 30.6 Å². The first-order valence-electron chi connectivity index (χ1n) is 6.90. The molecule has 0 radical (unpaired) electrons. The van der Waals surface area contributed by atoms with E-state index in [-0.39, 0.29) is 0 Å². The monoisotopic (exact) mass is 300 g/mol. The molecule has 1 saturated carbocycles. The fourth-order valence-electron chi connectivity index (χ4n) is 3.29. The zero-order valence-corrected chi connectivity index (χ0v) is 12.5. The van der Waals surface area contributed by atoms with Gasteiger partial charge in [0.2, 0.25) is 0 Å². The van der Waals surface area contributed by atoms with Crippen LogP contribution in [0.3, 0.4) is 0 Å². The Bertz CT molecular complexity index is 541. The third-order valence-electron chi connectivity index (χ3n) is 4.31. The van der Waals surface area contributed by atoms with Crippen molar-refractivity contribution in [3.8, 4) is 0 Å². The van der Waals surface area contributed by atoms with Crippen LogP contribution in [0.5, 0.6) is 0 Å². The summed E-state index contributed by atoms with van der Waals surface area (Å²) in [5, 5.41) is 0. The Morgan fingerprint density at radius 2 is 1.95 bits per heavy atom. The lowest BCUT2D eigenvalue weighted by Gasteiger charge is -2.15. The summed E-state index contributed by atoms with van der Waals surface area (Å²) in [5.74, 6) is 1.19. The average molecular weight is 300 g/mol. The van der Waals surface area contributed by atoms with Gasteiger partial charge in [-0.25, -0.2) is 8.42 Å². The van der Waals surface area contributed by atoms with Crippen molar-refractivity contribution in [2.24, 2.45) is 17.6 Å². The van der Waals surface area contributed by atoms with Crippen molar-refractivity contribution in [3.05, 3.63) is 17.0 Å². The van der Waals surface area contributed by atoms with E-state index in [1.54, 1.807) is 10.4 Å². The Kier molecular flexibility index (Phi) is 3.68. The van der Waals surface area contributed by atoms with Gasteiger partial charge in [-0.1, -0.05) is 6.42 Å². The smallest absolute Gasteiger partial charge is 0.252 e. The van der Waals surface area contributed by atoms with Crippen LogP contribution in [-0.2, 0) is 16.4 Å². The maximum atomic E-state index is 12.6. The van der Waals surface area contributed by atoms with Gasteiger partial charge in [0.05, 0.1) is 0 Å². The number of nitrogens with zero attached hydrogens (tertiary/aromatic N) is 1. The van der Waals surface area contributed by atoms with E-state index in [0.29, 0.717) is 22.6 Å². The van der Waals surface area contributed by atoms with Crippen molar-refractivity contribution in [1.82, 2.24) is 4.31 Å². The van der Waals surface area contributed by atoms with Gasteiger partial charge in [0.15, 0.2) is 0 Å². The molecule has 2 unspecified atom stereocenters. The highest BCUT2D eigenvalue weighted by molar-refractivity contribution is 7.91. The van der Waals surface area contributed by atoms with Crippen LogP contribution in [0.15, 0.2) is 16.3 Å². The molecule has 3 rings (SSSR count). The standard InChI is InChI=1S/C13H20N2O2S2/c14-7-6-12-4-5-13(18-12)19(16,17)15-8-10-2-1-3-11(10)9-15/h4-5,10-11H,1-3,6-9,14H2. The topological polar surface area (TPSA) is 63.4 Å². The fraction of sp³-hybridized carbons (Fsp3) is 0.692. The maximum Gasteiger partial charge on any atom is 0.252 e. The Balaban J connectivity index is 1.78. The predicted octanol–water partition coefficient (Wildman–Crippen LogP) is 1.67. The highest BCUT2D eigenvalue weighted by atomic mass is 32.2. The van der Waals surface area contributed by atoms with Crippen LogP contribution in [0.2, 0.25) is 0 Å². The summed E-state index contributed by atoms with van der Waals surface area (Å²) in [5.41, 5.74) is 5.51. The van der Waals surface area contributed by atoms with E-state index in [2.05, 4.69) is 0 Å². The van der Waals surface area contributed by atoms with Gasteiger partial charge in [0.1, 0.15) is 4.21 Å². The Labute approximate surface area is 118 Å². The molecule has 2 aliphatic rings. The molecule has 2 N–H and O–H groups in total. The van der Waals surface area contributed by atoms with E-state index in [0.717, 1.165) is 24.4 Å². The van der Waals surface area contributed by atoms with Gasteiger partial charge in [-0.15, -0.1) is 11.3 Å². The first-order chi connectivity index (χ1) is 9.11. The second-order valence-electron chi connectivity index (χ2n) is 5.53. The molecule has 0 bridgehead atoms. The largest absolute Gasteiger partial charge is 0.330 e. The summed E-state index contributed by atoms with van der Waals surface area (Å²) in [6.07, 6.45) is 4.41. The lowest BCUT2D eigenvalue weighted by atomic mass is 10.0. The third-order valence-corrected chi connectivity index (χ3v) is 7.76. The quantitative estimate of drug-likeness (QED) is 0.920. The van der Waals surface area contributed by atoms with Gasteiger partial charge in [-0.05, 0) is 49.8 Å². The second kappa shape index (κ2) is 5.16. The molecule has 4 nitrogen and oxygen atoms in total. The molecule has 1 aliphatic heterocycles. The minimum Gasteiger partial charge on any atom is -0.330 e. The highest BCUT2D eigenvalue weighted by Gasteiger charge is 2.41. The number of fused-ring (bicyclic) bond motifs is 1. The summed E-state index contributed by atoms with van der Waals surface area (Å²) < 4.78 is 27.4. The van der Waals surface area contributed by atoms with Crippen molar-refractivity contribution in [3.63, 3.8) is 0 Å². The minimum absolute atomic E-state index is 0.482. The molecule has 6 heteroatoms. The number of sulfonamides is 1. The Morgan fingerprint density at radius 3 is 2.58 bits per heavy atom. The summed E-state index contributed by atoms with van der Waals surface area (Å²) in [6.45, 7) is 2.00. The van der Waals surface area contributed by atoms with E-state index >= 15 is 0 Å². The van der Waals surface area contributed by atoms with Crippen molar-refractivity contribution in [2.75, 3.05) is 19.6 Å². The van der Waals surface area contributed by atoms with E-state index in [1.807, 2.05) is 6.07 Å². The summed E-state index contributed by atoms with van der Waals surface area (Å²) in [7, 11) is -3.27. The van der Waals surface area contributed by atoms with Gasteiger partial charge in [-0.3, -0.25) is 0 Å². The van der Waals surface area contributed by atoms with Gasteiger partial charge in [0.25, 0.3) is 10.0 Å². The second-order valence-corrected chi connectivity index (χ2v) is 8.87. The predicted molar refractivity (Wildman–Crippen MR) is 76.7 cm³/mol. The third kappa shape index (κ3) is 2.46. The van der Waals surface area contributed by atoms with Crippen LogP contribution in [0.4, 0.5) is 0 Å². The van der Waals surface area contributed by atoms with Gasteiger partial charge < -0.3 is 5.73 Å². The fourth-order valence-corrected chi connectivity index (χ4v) is 6.37. The number of thiophene rings is 1. The zero-order valence-electron chi connectivity index (χ0n) is 10.9. The van der Waals surface area contributed by atoms with E-state index in [9.17, 15) is 8.42 Å². The SMILES string of the molecule is NCCc1ccc(S(=O)(=O)N2CC3CCCC3C2)s1. The van der Waals surface area contributed by atoms with Crippen molar-refractivity contribution in [2.45, 2.75) is 29.9 Å².